The number of aryl methyl sites for hydroxylation is 2. The first-order valence-electron chi connectivity index (χ1n) is 5.44. The highest BCUT2D eigenvalue weighted by molar-refractivity contribution is 7.09. The van der Waals surface area contributed by atoms with Gasteiger partial charge in [0.05, 0.1) is 12.8 Å². The molecule has 0 aromatic carbocycles. The van der Waals surface area contributed by atoms with Gasteiger partial charge in [-0.1, -0.05) is 0 Å². The van der Waals surface area contributed by atoms with Crippen LogP contribution in [0.5, 0.6) is 0 Å². The van der Waals surface area contributed by atoms with Gasteiger partial charge in [0.25, 0.3) is 0 Å². The zero-order valence-corrected chi connectivity index (χ0v) is 10.4. The van der Waals surface area contributed by atoms with E-state index in [2.05, 4.69) is 10.3 Å². The van der Waals surface area contributed by atoms with Crippen LogP contribution in [0.2, 0.25) is 0 Å². The Kier molecular flexibility index (Phi) is 3.93. The Morgan fingerprint density at radius 2 is 2.47 bits per heavy atom. The van der Waals surface area contributed by atoms with E-state index in [9.17, 15) is 4.79 Å². The van der Waals surface area contributed by atoms with Crippen LogP contribution in [0, 0.1) is 6.92 Å². The van der Waals surface area contributed by atoms with Crippen molar-refractivity contribution in [2.45, 2.75) is 26.3 Å². The lowest BCUT2D eigenvalue weighted by Gasteiger charge is -2.01. The van der Waals surface area contributed by atoms with Gasteiger partial charge in [0.2, 0.25) is 5.91 Å². The first-order valence-corrected chi connectivity index (χ1v) is 6.32. The average Bonchev–Trinajstić information content (AvgIpc) is 2.95. The van der Waals surface area contributed by atoms with E-state index in [4.69, 9.17) is 4.42 Å². The molecule has 0 saturated carbocycles. The molecule has 0 spiro atoms. The molecule has 90 valence electrons. The summed E-state index contributed by atoms with van der Waals surface area (Å²) in [5, 5.41) is 5.76. The summed E-state index contributed by atoms with van der Waals surface area (Å²) in [6.45, 7) is 2.45. The summed E-state index contributed by atoms with van der Waals surface area (Å²) in [7, 11) is 0. The number of aromatic nitrogens is 1. The van der Waals surface area contributed by atoms with Crippen LogP contribution in [0.4, 0.5) is 0 Å². The van der Waals surface area contributed by atoms with Gasteiger partial charge in [-0.15, -0.1) is 11.3 Å². The van der Waals surface area contributed by atoms with Gasteiger partial charge in [0.1, 0.15) is 10.8 Å². The van der Waals surface area contributed by atoms with Gasteiger partial charge in [-0.2, -0.15) is 0 Å². The van der Waals surface area contributed by atoms with Gasteiger partial charge in [-0.3, -0.25) is 4.79 Å². The smallest absolute Gasteiger partial charge is 0.220 e. The maximum absolute atomic E-state index is 11.5. The Hall–Kier alpha value is -1.62. The van der Waals surface area contributed by atoms with Crippen molar-refractivity contribution >= 4 is 17.2 Å². The normalized spacial score (nSPS) is 10.4. The highest BCUT2D eigenvalue weighted by atomic mass is 32.1. The first-order chi connectivity index (χ1) is 8.24. The highest BCUT2D eigenvalue weighted by Gasteiger charge is 2.05. The second-order valence-corrected chi connectivity index (χ2v) is 4.68. The second-order valence-electron chi connectivity index (χ2n) is 3.74. The Morgan fingerprint density at radius 3 is 3.12 bits per heavy atom. The van der Waals surface area contributed by atoms with Crippen LogP contribution in [0.15, 0.2) is 28.2 Å². The quantitative estimate of drug-likeness (QED) is 0.885. The molecule has 17 heavy (non-hydrogen) atoms. The van der Waals surface area contributed by atoms with Gasteiger partial charge < -0.3 is 9.73 Å². The van der Waals surface area contributed by atoms with Crippen LogP contribution < -0.4 is 5.32 Å². The number of nitrogens with one attached hydrogen (secondary N) is 1. The Labute approximate surface area is 104 Å². The third-order valence-electron chi connectivity index (χ3n) is 2.28. The van der Waals surface area contributed by atoms with E-state index in [0.717, 1.165) is 16.5 Å². The summed E-state index contributed by atoms with van der Waals surface area (Å²) < 4.78 is 5.16. The Bertz CT molecular complexity index is 476. The van der Waals surface area contributed by atoms with Gasteiger partial charge in [0, 0.05) is 23.9 Å². The van der Waals surface area contributed by atoms with Crippen molar-refractivity contribution in [2.75, 3.05) is 0 Å². The number of hydrogen-bond acceptors (Lipinski definition) is 4. The van der Waals surface area contributed by atoms with Crippen molar-refractivity contribution in [1.82, 2.24) is 10.3 Å². The van der Waals surface area contributed by atoms with E-state index in [1.807, 2.05) is 24.4 Å². The van der Waals surface area contributed by atoms with Crippen molar-refractivity contribution in [3.05, 3.63) is 40.2 Å². The fourth-order valence-corrected chi connectivity index (χ4v) is 2.15. The maximum atomic E-state index is 11.5. The molecular formula is C12H14N2O2S. The second kappa shape index (κ2) is 5.63. The molecule has 4 nitrogen and oxygen atoms in total. The molecule has 0 unspecified atom stereocenters. The molecule has 0 saturated heterocycles. The van der Waals surface area contributed by atoms with Crippen LogP contribution in [-0.4, -0.2) is 10.9 Å². The van der Waals surface area contributed by atoms with Crippen LogP contribution in [0.1, 0.15) is 22.9 Å². The van der Waals surface area contributed by atoms with E-state index >= 15 is 0 Å². The minimum absolute atomic E-state index is 0.0225. The molecule has 2 rings (SSSR count). The number of nitrogens with zero attached hydrogens (tertiary/aromatic N) is 1. The summed E-state index contributed by atoms with van der Waals surface area (Å²) in [5.74, 6) is 0.861. The topological polar surface area (TPSA) is 55.1 Å². The van der Waals surface area contributed by atoms with Crippen LogP contribution >= 0.6 is 11.3 Å². The van der Waals surface area contributed by atoms with Crippen molar-refractivity contribution in [2.24, 2.45) is 0 Å². The monoisotopic (exact) mass is 250 g/mol. The van der Waals surface area contributed by atoms with E-state index in [0.29, 0.717) is 19.4 Å². The molecule has 5 heteroatoms. The summed E-state index contributed by atoms with van der Waals surface area (Å²) in [5.41, 5.74) is 0.995. The maximum Gasteiger partial charge on any atom is 0.220 e. The van der Waals surface area contributed by atoms with Crippen molar-refractivity contribution in [1.29, 1.82) is 0 Å². The number of carbonyl (C=O) groups is 1. The standard InChI is InChI=1S/C12H14N2O2S/c1-9-8-17-12(14-9)7-13-11(15)5-4-10-3-2-6-16-10/h2-3,6,8H,4-5,7H2,1H3,(H,13,15). The number of hydrogen-bond donors (Lipinski definition) is 1. The molecule has 0 aliphatic carbocycles. The third kappa shape index (κ3) is 3.71. The fraction of sp³-hybridized carbons (Fsp3) is 0.333. The van der Waals surface area contributed by atoms with Crippen LogP contribution in [-0.2, 0) is 17.8 Å². The first kappa shape index (κ1) is 11.9. The van der Waals surface area contributed by atoms with Gasteiger partial charge in [0.15, 0.2) is 0 Å². The summed E-state index contributed by atoms with van der Waals surface area (Å²) in [6, 6.07) is 3.70. The molecule has 0 aliphatic heterocycles. The molecule has 2 heterocycles. The SMILES string of the molecule is Cc1csc(CNC(=O)CCc2ccco2)n1. The van der Waals surface area contributed by atoms with Crippen LogP contribution in [0.25, 0.3) is 0 Å². The molecule has 0 fully saturated rings. The molecule has 2 aromatic heterocycles. The lowest BCUT2D eigenvalue weighted by Crippen LogP contribution is -2.22. The molecule has 0 aliphatic rings. The molecular weight excluding hydrogens is 236 g/mol. The summed E-state index contributed by atoms with van der Waals surface area (Å²) in [4.78, 5) is 15.8. The summed E-state index contributed by atoms with van der Waals surface area (Å²) >= 11 is 1.56. The number of rotatable bonds is 5. The van der Waals surface area contributed by atoms with Crippen LogP contribution in [0.3, 0.4) is 0 Å². The molecule has 0 radical (unpaired) electrons. The molecule has 0 atom stereocenters. The van der Waals surface area contributed by atoms with Gasteiger partial charge in [-0.05, 0) is 19.1 Å². The lowest BCUT2D eigenvalue weighted by atomic mass is 10.2. The minimum Gasteiger partial charge on any atom is -0.469 e. The molecule has 2 aromatic rings. The Morgan fingerprint density at radius 1 is 1.59 bits per heavy atom. The largest absolute Gasteiger partial charge is 0.469 e. The van der Waals surface area contributed by atoms with E-state index in [1.165, 1.54) is 0 Å². The average molecular weight is 250 g/mol. The Balaban J connectivity index is 1.71. The zero-order valence-electron chi connectivity index (χ0n) is 9.60. The predicted octanol–water partition coefficient (Wildman–Crippen LogP) is 2.29. The van der Waals surface area contributed by atoms with E-state index in [1.54, 1.807) is 17.6 Å². The van der Waals surface area contributed by atoms with E-state index < -0.39 is 0 Å². The molecule has 0 bridgehead atoms. The summed E-state index contributed by atoms with van der Waals surface area (Å²) in [6.07, 6.45) is 2.69. The molecule has 1 amide bonds. The number of thiazole rings is 1. The number of carbonyl (C=O) groups excluding carboxylic acids is 1. The van der Waals surface area contributed by atoms with Gasteiger partial charge in [-0.25, -0.2) is 4.98 Å². The van der Waals surface area contributed by atoms with Crippen molar-refractivity contribution in [3.8, 4) is 0 Å². The number of amides is 1. The van der Waals surface area contributed by atoms with E-state index in [-0.39, 0.29) is 5.91 Å². The fourth-order valence-electron chi connectivity index (χ4n) is 1.44. The van der Waals surface area contributed by atoms with Crippen molar-refractivity contribution < 1.29 is 9.21 Å². The zero-order chi connectivity index (χ0) is 12.1. The van der Waals surface area contributed by atoms with Crippen molar-refractivity contribution in [3.63, 3.8) is 0 Å². The lowest BCUT2D eigenvalue weighted by molar-refractivity contribution is -0.121. The highest BCUT2D eigenvalue weighted by Crippen LogP contribution is 2.08. The number of furan rings is 1. The third-order valence-corrected chi connectivity index (χ3v) is 3.25. The minimum atomic E-state index is 0.0225. The van der Waals surface area contributed by atoms with Gasteiger partial charge >= 0.3 is 0 Å². The molecule has 1 N–H and O–H groups in total. The predicted molar refractivity (Wildman–Crippen MR) is 65.7 cm³/mol.